The molecule has 0 unspecified atom stereocenters. The van der Waals surface area contributed by atoms with Crippen molar-refractivity contribution in [2.45, 2.75) is 13.3 Å². The first-order valence-corrected chi connectivity index (χ1v) is 4.19. The topological polar surface area (TPSA) is 72.4 Å². The van der Waals surface area contributed by atoms with Crippen molar-refractivity contribution < 1.29 is 18.9 Å². The van der Waals surface area contributed by atoms with Crippen LogP contribution in [0, 0.1) is 0 Å². The highest BCUT2D eigenvalue weighted by Gasteiger charge is 1.90. The molecule has 0 rings (SSSR count). The second kappa shape index (κ2) is 3.88. The Bertz CT molecular complexity index is 159. The van der Waals surface area contributed by atoms with E-state index >= 15 is 0 Å². The quantitative estimate of drug-likeness (QED) is 0.426. The molecule has 60 valence electrons. The smallest absolute Gasteiger partial charge is 0.0596 e. The summed E-state index contributed by atoms with van der Waals surface area (Å²) in [6.45, 7) is 5.13. The Morgan fingerprint density at radius 3 is 2.50 bits per heavy atom. The molecule has 0 saturated heterocycles. The first-order valence-electron chi connectivity index (χ1n) is 2.73. The molecule has 5 heteroatoms. The van der Waals surface area contributed by atoms with Crippen LogP contribution >= 0.6 is 7.82 Å². The van der Waals surface area contributed by atoms with Crippen LogP contribution < -0.4 is 9.79 Å². The molecule has 0 atom stereocenters. The Kier molecular flexibility index (Phi) is 3.83. The zero-order valence-corrected chi connectivity index (χ0v) is 6.60. The van der Waals surface area contributed by atoms with Crippen molar-refractivity contribution in [3.63, 3.8) is 0 Å². The first kappa shape index (κ1) is 9.85. The van der Waals surface area contributed by atoms with Crippen LogP contribution in [0.5, 0.6) is 0 Å². The van der Waals surface area contributed by atoms with Crippen LogP contribution in [0.3, 0.4) is 0 Å². The number of hydrogen-bond acceptors (Lipinski definition) is 4. The van der Waals surface area contributed by atoms with Crippen LogP contribution in [0.2, 0.25) is 0 Å². The molecule has 0 aromatic rings. The highest BCUT2D eigenvalue weighted by Crippen LogP contribution is 2.24. The van der Waals surface area contributed by atoms with E-state index in [4.69, 9.17) is 0 Å². The summed E-state index contributed by atoms with van der Waals surface area (Å²) in [4.78, 5) is 19.7. The summed E-state index contributed by atoms with van der Waals surface area (Å²) in [5.41, 5.74) is 0.786. The fourth-order valence-corrected chi connectivity index (χ4v) is 0.647. The van der Waals surface area contributed by atoms with E-state index < -0.39 is 7.82 Å². The number of phosphoric ester groups is 1. The van der Waals surface area contributed by atoms with Gasteiger partial charge in [-0.25, -0.2) is 0 Å². The molecule has 0 bridgehead atoms. The lowest BCUT2D eigenvalue weighted by Gasteiger charge is -2.28. The Labute approximate surface area is 59.8 Å². The molecule has 10 heavy (non-hydrogen) atoms. The average Bonchev–Trinajstić information content (AvgIpc) is 1.59. The Hall–Kier alpha value is -0.150. The molecule has 0 N–H and O–H groups in total. The van der Waals surface area contributed by atoms with Crippen LogP contribution in [-0.2, 0) is 9.09 Å². The normalized spacial score (nSPS) is 11.5. The van der Waals surface area contributed by atoms with Gasteiger partial charge in [0.25, 0.3) is 0 Å². The zero-order valence-electron chi connectivity index (χ0n) is 5.70. The summed E-state index contributed by atoms with van der Waals surface area (Å²) < 4.78 is 13.8. The lowest BCUT2D eigenvalue weighted by Crippen LogP contribution is -2.16. The maximum Gasteiger partial charge on any atom is 0.0596 e. The van der Waals surface area contributed by atoms with Crippen molar-refractivity contribution in [2.24, 2.45) is 0 Å². The Balaban J connectivity index is 3.39. The minimum absolute atomic E-state index is 0.0976. The summed E-state index contributed by atoms with van der Waals surface area (Å²) in [5, 5.41) is 0. The minimum atomic E-state index is -4.76. The number of rotatable bonds is 4. The standard InChI is InChI=1S/C5H11O4P/c1-5(2)3-4-9-10(6,7)8/h1,3-4H2,2H3,(H2,6,7,8)/p-2. The van der Waals surface area contributed by atoms with E-state index in [0.29, 0.717) is 6.42 Å². The molecule has 0 aliphatic carbocycles. The van der Waals surface area contributed by atoms with E-state index in [2.05, 4.69) is 11.1 Å². The van der Waals surface area contributed by atoms with Crippen LogP contribution in [0.25, 0.3) is 0 Å². The van der Waals surface area contributed by atoms with Crippen LogP contribution in [0.15, 0.2) is 12.2 Å². The largest absolute Gasteiger partial charge is 0.790 e. The molecule has 0 amide bonds. The molecule has 0 radical (unpaired) electrons. The molecule has 0 aliphatic heterocycles. The molecule has 0 aliphatic rings. The van der Waals surface area contributed by atoms with Gasteiger partial charge in [-0.15, -0.1) is 6.58 Å². The maximum atomic E-state index is 9.83. The average molecular weight is 164 g/mol. The van der Waals surface area contributed by atoms with Gasteiger partial charge in [0.2, 0.25) is 0 Å². The molecule has 0 fully saturated rings. The predicted molar refractivity (Wildman–Crippen MR) is 33.0 cm³/mol. The number of phosphoric acid groups is 1. The summed E-state index contributed by atoms with van der Waals surface area (Å²) in [7, 11) is -4.76. The van der Waals surface area contributed by atoms with Crippen molar-refractivity contribution >= 4 is 7.82 Å². The molecule has 0 saturated carbocycles. The van der Waals surface area contributed by atoms with Crippen LogP contribution in [0.1, 0.15) is 13.3 Å². The third kappa shape index (κ3) is 7.85. The monoisotopic (exact) mass is 164 g/mol. The maximum absolute atomic E-state index is 9.83. The highest BCUT2D eigenvalue weighted by molar-refractivity contribution is 7.43. The second-order valence-corrected chi connectivity index (χ2v) is 3.14. The molecule has 0 aromatic carbocycles. The SMILES string of the molecule is C=C(C)CCOP(=O)([O-])[O-]. The second-order valence-electron chi connectivity index (χ2n) is 1.99. The van der Waals surface area contributed by atoms with E-state index in [1.54, 1.807) is 6.92 Å². The Morgan fingerprint density at radius 1 is 1.70 bits per heavy atom. The third-order valence-electron chi connectivity index (χ3n) is 0.778. The van der Waals surface area contributed by atoms with Crippen molar-refractivity contribution in [1.29, 1.82) is 0 Å². The molecule has 0 spiro atoms. The van der Waals surface area contributed by atoms with E-state index in [1.807, 2.05) is 0 Å². The van der Waals surface area contributed by atoms with Gasteiger partial charge >= 0.3 is 0 Å². The summed E-state index contributed by atoms with van der Waals surface area (Å²) in [6, 6.07) is 0. The van der Waals surface area contributed by atoms with Crippen molar-refractivity contribution in [3.05, 3.63) is 12.2 Å². The molecule has 0 heterocycles. The molecular weight excluding hydrogens is 155 g/mol. The fourth-order valence-electron chi connectivity index (χ4n) is 0.332. The van der Waals surface area contributed by atoms with Gasteiger partial charge in [-0.05, 0) is 13.3 Å². The van der Waals surface area contributed by atoms with Gasteiger partial charge in [0.1, 0.15) is 0 Å². The van der Waals surface area contributed by atoms with Gasteiger partial charge in [-0.2, -0.15) is 0 Å². The molecule has 4 nitrogen and oxygen atoms in total. The van der Waals surface area contributed by atoms with Gasteiger partial charge < -0.3 is 18.9 Å². The van der Waals surface area contributed by atoms with E-state index in [9.17, 15) is 14.4 Å². The fraction of sp³-hybridized carbons (Fsp3) is 0.600. The lowest BCUT2D eigenvalue weighted by atomic mass is 10.3. The Morgan fingerprint density at radius 2 is 2.20 bits per heavy atom. The predicted octanol–water partition coefficient (Wildman–Crippen LogP) is -0.202. The van der Waals surface area contributed by atoms with E-state index in [0.717, 1.165) is 5.57 Å². The van der Waals surface area contributed by atoms with Crippen molar-refractivity contribution in [1.82, 2.24) is 0 Å². The van der Waals surface area contributed by atoms with Crippen LogP contribution in [0.4, 0.5) is 0 Å². The van der Waals surface area contributed by atoms with E-state index in [1.165, 1.54) is 0 Å². The van der Waals surface area contributed by atoms with Gasteiger partial charge in [0.15, 0.2) is 0 Å². The zero-order chi connectivity index (χ0) is 8.20. The van der Waals surface area contributed by atoms with Gasteiger partial charge in [0, 0.05) is 0 Å². The van der Waals surface area contributed by atoms with Crippen LogP contribution in [-0.4, -0.2) is 6.61 Å². The highest BCUT2D eigenvalue weighted by atomic mass is 31.2. The molecule has 0 aromatic heterocycles. The summed E-state index contributed by atoms with van der Waals surface area (Å²) in [6.07, 6.45) is 0.397. The van der Waals surface area contributed by atoms with Crippen molar-refractivity contribution in [2.75, 3.05) is 6.61 Å². The third-order valence-corrected chi connectivity index (χ3v) is 1.28. The summed E-state index contributed by atoms with van der Waals surface area (Å²) in [5.74, 6) is 0. The van der Waals surface area contributed by atoms with Gasteiger partial charge in [-0.1, -0.05) is 5.57 Å². The lowest BCUT2D eigenvalue weighted by molar-refractivity contribution is -0.341. The van der Waals surface area contributed by atoms with Gasteiger partial charge in [0.05, 0.1) is 14.4 Å². The van der Waals surface area contributed by atoms with Crippen molar-refractivity contribution in [3.8, 4) is 0 Å². The minimum Gasteiger partial charge on any atom is -0.790 e. The molecular formula is C5H9O4P-2. The van der Waals surface area contributed by atoms with Gasteiger partial charge in [-0.3, -0.25) is 0 Å². The summed E-state index contributed by atoms with van der Waals surface area (Å²) >= 11 is 0. The first-order chi connectivity index (χ1) is 4.42. The number of hydrogen-bond donors (Lipinski definition) is 0. The van der Waals surface area contributed by atoms with E-state index in [-0.39, 0.29) is 6.61 Å².